The fraction of sp³-hybridized carbons (Fsp3) is 0.538. The molecule has 0 bridgehead atoms. The van der Waals surface area contributed by atoms with Crippen molar-refractivity contribution in [3.05, 3.63) is 35.4 Å². The van der Waals surface area contributed by atoms with Crippen LogP contribution in [0.5, 0.6) is 0 Å². The monoisotopic (exact) mass is 276 g/mol. The Hall–Kier alpha value is -0.280. The molecule has 1 atom stereocenters. The molecule has 1 heterocycles. The summed E-state index contributed by atoms with van der Waals surface area (Å²) in [6.45, 7) is 9.08. The minimum atomic E-state index is 0. The van der Waals surface area contributed by atoms with E-state index in [1.54, 1.807) is 0 Å². The fourth-order valence-electron chi connectivity index (χ4n) is 2.32. The Labute approximate surface area is 117 Å². The van der Waals surface area contributed by atoms with Gasteiger partial charge in [0.05, 0.1) is 0 Å². The third kappa shape index (κ3) is 4.14. The molecule has 17 heavy (non-hydrogen) atoms. The lowest BCUT2D eigenvalue weighted by atomic mass is 10.0. The fourth-order valence-corrected chi connectivity index (χ4v) is 2.32. The summed E-state index contributed by atoms with van der Waals surface area (Å²) in [5, 5.41) is 3.39. The summed E-state index contributed by atoms with van der Waals surface area (Å²) < 4.78 is 0. The van der Waals surface area contributed by atoms with E-state index in [0.29, 0.717) is 6.04 Å². The van der Waals surface area contributed by atoms with Crippen LogP contribution in [0.2, 0.25) is 0 Å². The number of nitrogens with one attached hydrogen (secondary N) is 1. The molecule has 0 spiro atoms. The van der Waals surface area contributed by atoms with Crippen molar-refractivity contribution < 1.29 is 0 Å². The van der Waals surface area contributed by atoms with Crippen LogP contribution in [0.1, 0.15) is 24.1 Å². The number of rotatable bonds is 2. The van der Waals surface area contributed by atoms with Gasteiger partial charge >= 0.3 is 0 Å². The van der Waals surface area contributed by atoms with E-state index in [2.05, 4.69) is 48.3 Å². The number of halogens is 2. The Morgan fingerprint density at radius 1 is 1.12 bits per heavy atom. The second kappa shape index (κ2) is 7.93. The van der Waals surface area contributed by atoms with Crippen molar-refractivity contribution in [2.24, 2.45) is 0 Å². The minimum Gasteiger partial charge on any atom is -0.314 e. The predicted molar refractivity (Wildman–Crippen MR) is 78.5 cm³/mol. The summed E-state index contributed by atoms with van der Waals surface area (Å²) >= 11 is 0. The topological polar surface area (TPSA) is 15.3 Å². The maximum atomic E-state index is 3.39. The first-order chi connectivity index (χ1) is 7.29. The van der Waals surface area contributed by atoms with Crippen molar-refractivity contribution >= 4 is 24.8 Å². The van der Waals surface area contributed by atoms with Gasteiger partial charge in [-0.05, 0) is 25.0 Å². The molecule has 0 unspecified atom stereocenters. The van der Waals surface area contributed by atoms with E-state index in [9.17, 15) is 0 Å². The van der Waals surface area contributed by atoms with E-state index in [0.717, 1.165) is 26.2 Å². The predicted octanol–water partition coefficient (Wildman–Crippen LogP) is 2.80. The Morgan fingerprint density at radius 3 is 2.29 bits per heavy atom. The lowest BCUT2D eigenvalue weighted by molar-refractivity contribution is 0.185. The highest BCUT2D eigenvalue weighted by molar-refractivity contribution is 5.85. The molecule has 1 saturated heterocycles. The van der Waals surface area contributed by atoms with Crippen LogP contribution < -0.4 is 5.32 Å². The lowest BCUT2D eigenvalue weighted by Gasteiger charge is -2.33. The second-order valence-electron chi connectivity index (χ2n) is 4.32. The zero-order valence-corrected chi connectivity index (χ0v) is 12.1. The first kappa shape index (κ1) is 16.7. The number of benzene rings is 1. The Balaban J connectivity index is 0.00000128. The molecule has 2 rings (SSSR count). The van der Waals surface area contributed by atoms with E-state index < -0.39 is 0 Å². The standard InChI is InChI=1S/C13H20N2.2ClH/c1-11-5-3-4-6-13(11)12(2)15-9-7-14-8-10-15;;/h3-6,12,14H,7-10H2,1-2H3;2*1H/t12-;;/m0../s1. The molecule has 0 aliphatic carbocycles. The zero-order valence-electron chi connectivity index (χ0n) is 10.5. The second-order valence-corrected chi connectivity index (χ2v) is 4.32. The van der Waals surface area contributed by atoms with Crippen LogP contribution >= 0.6 is 24.8 Å². The van der Waals surface area contributed by atoms with Crippen LogP contribution in [-0.4, -0.2) is 31.1 Å². The van der Waals surface area contributed by atoms with Crippen LogP contribution in [0.15, 0.2) is 24.3 Å². The molecular formula is C13H22Cl2N2. The average molecular weight is 277 g/mol. The number of piperazine rings is 1. The maximum absolute atomic E-state index is 3.39. The van der Waals surface area contributed by atoms with Gasteiger partial charge in [0.1, 0.15) is 0 Å². The molecule has 0 aromatic heterocycles. The highest BCUT2D eigenvalue weighted by atomic mass is 35.5. The van der Waals surface area contributed by atoms with Crippen LogP contribution in [0.25, 0.3) is 0 Å². The SMILES string of the molecule is Cc1ccccc1[C@H](C)N1CCNCC1.Cl.Cl. The number of nitrogens with zero attached hydrogens (tertiary/aromatic N) is 1. The van der Waals surface area contributed by atoms with Gasteiger partial charge in [-0.2, -0.15) is 0 Å². The lowest BCUT2D eigenvalue weighted by Crippen LogP contribution is -2.44. The summed E-state index contributed by atoms with van der Waals surface area (Å²) in [7, 11) is 0. The molecule has 0 radical (unpaired) electrons. The highest BCUT2D eigenvalue weighted by Gasteiger charge is 2.18. The van der Waals surface area contributed by atoms with E-state index in [4.69, 9.17) is 0 Å². The quantitative estimate of drug-likeness (QED) is 0.894. The molecule has 1 aromatic carbocycles. The number of aryl methyl sites for hydroxylation is 1. The molecular weight excluding hydrogens is 255 g/mol. The van der Waals surface area contributed by atoms with Crippen molar-refractivity contribution in [2.75, 3.05) is 26.2 Å². The zero-order chi connectivity index (χ0) is 10.7. The molecule has 4 heteroatoms. The molecule has 1 N–H and O–H groups in total. The van der Waals surface area contributed by atoms with Gasteiger partial charge in [0, 0.05) is 32.2 Å². The van der Waals surface area contributed by atoms with Crippen molar-refractivity contribution in [2.45, 2.75) is 19.9 Å². The smallest absolute Gasteiger partial charge is 0.0323 e. The van der Waals surface area contributed by atoms with Crippen LogP contribution in [-0.2, 0) is 0 Å². The third-order valence-corrected chi connectivity index (χ3v) is 3.34. The van der Waals surface area contributed by atoms with Gasteiger partial charge in [-0.25, -0.2) is 0 Å². The van der Waals surface area contributed by atoms with Gasteiger partial charge in [0.25, 0.3) is 0 Å². The maximum Gasteiger partial charge on any atom is 0.0323 e. The summed E-state index contributed by atoms with van der Waals surface area (Å²) in [5.74, 6) is 0. The van der Waals surface area contributed by atoms with Gasteiger partial charge in [0.15, 0.2) is 0 Å². The van der Waals surface area contributed by atoms with Gasteiger partial charge in [-0.3, -0.25) is 4.90 Å². The molecule has 1 aliphatic rings. The molecule has 98 valence electrons. The average Bonchev–Trinajstić information content (AvgIpc) is 2.30. The number of hydrogen-bond donors (Lipinski definition) is 1. The minimum absolute atomic E-state index is 0. The Kier molecular flexibility index (Phi) is 7.80. The summed E-state index contributed by atoms with van der Waals surface area (Å²) in [4.78, 5) is 2.55. The summed E-state index contributed by atoms with van der Waals surface area (Å²) in [5.41, 5.74) is 2.88. The number of hydrogen-bond acceptors (Lipinski definition) is 2. The largest absolute Gasteiger partial charge is 0.314 e. The summed E-state index contributed by atoms with van der Waals surface area (Å²) in [6, 6.07) is 9.26. The summed E-state index contributed by atoms with van der Waals surface area (Å²) in [6.07, 6.45) is 0. The van der Waals surface area contributed by atoms with E-state index in [-0.39, 0.29) is 24.8 Å². The van der Waals surface area contributed by atoms with Crippen molar-refractivity contribution in [1.29, 1.82) is 0 Å². The Bertz CT molecular complexity index is 325. The molecule has 2 nitrogen and oxygen atoms in total. The van der Waals surface area contributed by atoms with E-state index in [1.807, 2.05) is 0 Å². The molecule has 1 aliphatic heterocycles. The van der Waals surface area contributed by atoms with Gasteiger partial charge < -0.3 is 5.32 Å². The van der Waals surface area contributed by atoms with Crippen LogP contribution in [0, 0.1) is 6.92 Å². The van der Waals surface area contributed by atoms with E-state index >= 15 is 0 Å². The first-order valence-corrected chi connectivity index (χ1v) is 5.79. The van der Waals surface area contributed by atoms with Crippen molar-refractivity contribution in [3.8, 4) is 0 Å². The molecule has 1 aromatic rings. The third-order valence-electron chi connectivity index (χ3n) is 3.34. The Morgan fingerprint density at radius 2 is 1.71 bits per heavy atom. The molecule has 0 saturated carbocycles. The molecule has 0 amide bonds. The van der Waals surface area contributed by atoms with E-state index in [1.165, 1.54) is 11.1 Å². The normalized spacial score (nSPS) is 17.8. The highest BCUT2D eigenvalue weighted by Crippen LogP contribution is 2.23. The van der Waals surface area contributed by atoms with Gasteiger partial charge in [0.2, 0.25) is 0 Å². The van der Waals surface area contributed by atoms with Gasteiger partial charge in [-0.15, -0.1) is 24.8 Å². The van der Waals surface area contributed by atoms with Crippen molar-refractivity contribution in [3.63, 3.8) is 0 Å². The molecule has 1 fully saturated rings. The van der Waals surface area contributed by atoms with Gasteiger partial charge in [-0.1, -0.05) is 24.3 Å². The van der Waals surface area contributed by atoms with Crippen molar-refractivity contribution in [1.82, 2.24) is 10.2 Å². The van der Waals surface area contributed by atoms with Crippen LogP contribution in [0.3, 0.4) is 0 Å². The first-order valence-electron chi connectivity index (χ1n) is 5.79. The van der Waals surface area contributed by atoms with Crippen LogP contribution in [0.4, 0.5) is 0 Å².